The van der Waals surface area contributed by atoms with Crippen molar-refractivity contribution in [3.05, 3.63) is 47.3 Å². The van der Waals surface area contributed by atoms with Gasteiger partial charge in [0.25, 0.3) is 0 Å². The average molecular weight is 249 g/mol. The summed E-state index contributed by atoms with van der Waals surface area (Å²) in [7, 11) is 0. The summed E-state index contributed by atoms with van der Waals surface area (Å²) in [5, 5.41) is 3.53. The minimum absolute atomic E-state index is 0.167. The van der Waals surface area contributed by atoms with Crippen molar-refractivity contribution in [2.45, 2.75) is 46.1 Å². The third-order valence-electron chi connectivity index (χ3n) is 3.24. The zero-order chi connectivity index (χ0) is 13.5. The Morgan fingerprint density at radius 2 is 2.11 bits per heavy atom. The van der Waals surface area contributed by atoms with E-state index in [-0.39, 0.29) is 11.9 Å². The van der Waals surface area contributed by atoms with Gasteiger partial charge in [-0.2, -0.15) is 0 Å². The number of halogens is 1. The van der Waals surface area contributed by atoms with Gasteiger partial charge in [0, 0.05) is 6.04 Å². The molecule has 100 valence electrons. The molecule has 2 heteroatoms. The van der Waals surface area contributed by atoms with Crippen LogP contribution < -0.4 is 5.32 Å². The Balaban J connectivity index is 2.89. The molecule has 0 aliphatic rings. The van der Waals surface area contributed by atoms with Crippen molar-refractivity contribution in [1.82, 2.24) is 5.32 Å². The van der Waals surface area contributed by atoms with Crippen LogP contribution in [-0.4, -0.2) is 6.54 Å². The molecule has 0 saturated heterocycles. The molecular weight excluding hydrogens is 225 g/mol. The third kappa shape index (κ3) is 4.26. The fourth-order valence-electron chi connectivity index (χ4n) is 2.07. The lowest BCUT2D eigenvalue weighted by molar-refractivity contribution is 0.520. The molecule has 1 atom stereocenters. The normalized spacial score (nSPS) is 12.4. The third-order valence-corrected chi connectivity index (χ3v) is 3.24. The highest BCUT2D eigenvalue weighted by atomic mass is 19.1. The number of aryl methyl sites for hydroxylation is 1. The molecule has 1 unspecified atom stereocenters. The fourth-order valence-corrected chi connectivity index (χ4v) is 2.07. The number of nitrogens with one attached hydrogen (secondary N) is 1. The van der Waals surface area contributed by atoms with Crippen LogP contribution in [0.3, 0.4) is 0 Å². The average Bonchev–Trinajstić information content (AvgIpc) is 2.34. The van der Waals surface area contributed by atoms with E-state index >= 15 is 0 Å². The number of rotatable bonds is 7. The van der Waals surface area contributed by atoms with Crippen LogP contribution in [0.15, 0.2) is 30.4 Å². The number of hydrogen-bond donors (Lipinski definition) is 1. The first-order valence-electron chi connectivity index (χ1n) is 6.74. The summed E-state index contributed by atoms with van der Waals surface area (Å²) in [4.78, 5) is 0. The number of hydrogen-bond acceptors (Lipinski definition) is 1. The first-order valence-corrected chi connectivity index (χ1v) is 6.74. The Labute approximate surface area is 110 Å². The van der Waals surface area contributed by atoms with E-state index in [1.54, 1.807) is 6.07 Å². The molecule has 1 rings (SSSR count). The van der Waals surface area contributed by atoms with Crippen LogP contribution in [0.4, 0.5) is 4.39 Å². The Hall–Kier alpha value is -1.15. The Morgan fingerprint density at radius 3 is 2.67 bits per heavy atom. The smallest absolute Gasteiger partial charge is 0.123 e. The van der Waals surface area contributed by atoms with Gasteiger partial charge < -0.3 is 5.32 Å². The molecule has 0 aliphatic heterocycles. The van der Waals surface area contributed by atoms with Gasteiger partial charge in [0.15, 0.2) is 0 Å². The molecule has 0 spiro atoms. The fraction of sp³-hybridized carbons (Fsp3) is 0.500. The summed E-state index contributed by atoms with van der Waals surface area (Å²) in [6.07, 6.45) is 3.00. The molecule has 0 amide bonds. The van der Waals surface area contributed by atoms with Crippen LogP contribution in [-0.2, 0) is 0 Å². The highest BCUT2D eigenvalue weighted by molar-refractivity contribution is 5.30. The second kappa shape index (κ2) is 7.32. The lowest BCUT2D eigenvalue weighted by Gasteiger charge is -2.21. The molecule has 1 aromatic carbocycles. The van der Waals surface area contributed by atoms with Crippen LogP contribution in [0.2, 0.25) is 0 Å². The van der Waals surface area contributed by atoms with Crippen LogP contribution in [0.5, 0.6) is 0 Å². The molecule has 0 heterocycles. The van der Waals surface area contributed by atoms with Gasteiger partial charge in [0.1, 0.15) is 5.82 Å². The predicted molar refractivity (Wildman–Crippen MR) is 76.2 cm³/mol. The molecule has 0 radical (unpaired) electrons. The van der Waals surface area contributed by atoms with Crippen molar-refractivity contribution in [1.29, 1.82) is 0 Å². The van der Waals surface area contributed by atoms with Crippen LogP contribution in [0.25, 0.3) is 0 Å². The highest BCUT2D eigenvalue weighted by Crippen LogP contribution is 2.25. The van der Waals surface area contributed by atoms with Crippen molar-refractivity contribution in [3.8, 4) is 0 Å². The van der Waals surface area contributed by atoms with Gasteiger partial charge in [-0.25, -0.2) is 4.39 Å². The van der Waals surface area contributed by atoms with Crippen molar-refractivity contribution in [2.24, 2.45) is 0 Å². The first-order chi connectivity index (χ1) is 8.58. The van der Waals surface area contributed by atoms with E-state index in [2.05, 4.69) is 25.7 Å². The standard InChI is InChI=1S/C16H24FN/c1-5-9-18-16(10-12(3)6-2)15-8-7-14(17)11-13(15)4/h7-8,11,16,18H,3,5-6,9-10H2,1-2,4H3. The Bertz CT molecular complexity index is 398. The van der Waals surface area contributed by atoms with E-state index in [9.17, 15) is 4.39 Å². The van der Waals surface area contributed by atoms with E-state index in [1.807, 2.05) is 13.0 Å². The zero-order valence-corrected chi connectivity index (χ0v) is 11.7. The van der Waals surface area contributed by atoms with E-state index in [1.165, 1.54) is 17.2 Å². The van der Waals surface area contributed by atoms with E-state index < -0.39 is 0 Å². The molecular formula is C16H24FN. The molecule has 18 heavy (non-hydrogen) atoms. The molecule has 1 N–H and O–H groups in total. The second-order valence-corrected chi connectivity index (χ2v) is 4.82. The molecule has 1 nitrogen and oxygen atoms in total. The van der Waals surface area contributed by atoms with E-state index in [0.717, 1.165) is 31.4 Å². The molecule has 1 aromatic rings. The minimum Gasteiger partial charge on any atom is -0.310 e. The molecule has 0 fully saturated rings. The van der Waals surface area contributed by atoms with Crippen LogP contribution in [0, 0.1) is 12.7 Å². The van der Waals surface area contributed by atoms with Crippen LogP contribution in [0.1, 0.15) is 50.3 Å². The van der Waals surface area contributed by atoms with Gasteiger partial charge in [0.2, 0.25) is 0 Å². The summed E-state index contributed by atoms with van der Waals surface area (Å²) in [6.45, 7) is 11.3. The summed E-state index contributed by atoms with van der Waals surface area (Å²) in [6, 6.07) is 5.28. The van der Waals surface area contributed by atoms with Gasteiger partial charge in [-0.05, 0) is 56.0 Å². The monoisotopic (exact) mass is 249 g/mol. The van der Waals surface area contributed by atoms with Crippen molar-refractivity contribution < 1.29 is 4.39 Å². The highest BCUT2D eigenvalue weighted by Gasteiger charge is 2.14. The van der Waals surface area contributed by atoms with Gasteiger partial charge >= 0.3 is 0 Å². The lowest BCUT2D eigenvalue weighted by Crippen LogP contribution is -2.23. The summed E-state index contributed by atoms with van der Waals surface area (Å²) >= 11 is 0. The predicted octanol–water partition coefficient (Wildman–Crippen LogP) is 4.53. The van der Waals surface area contributed by atoms with Crippen molar-refractivity contribution in [3.63, 3.8) is 0 Å². The van der Waals surface area contributed by atoms with Gasteiger partial charge in [0.05, 0.1) is 0 Å². The second-order valence-electron chi connectivity index (χ2n) is 4.82. The topological polar surface area (TPSA) is 12.0 Å². The molecule has 0 bridgehead atoms. The van der Waals surface area contributed by atoms with Crippen molar-refractivity contribution in [2.75, 3.05) is 6.54 Å². The Morgan fingerprint density at radius 1 is 1.39 bits per heavy atom. The quantitative estimate of drug-likeness (QED) is 0.700. The van der Waals surface area contributed by atoms with Gasteiger partial charge in [-0.1, -0.05) is 32.1 Å². The maximum atomic E-state index is 13.2. The van der Waals surface area contributed by atoms with Crippen molar-refractivity contribution >= 4 is 0 Å². The van der Waals surface area contributed by atoms with Gasteiger partial charge in [-0.3, -0.25) is 0 Å². The molecule has 0 aromatic heterocycles. The summed E-state index contributed by atoms with van der Waals surface area (Å²) < 4.78 is 13.2. The number of benzene rings is 1. The zero-order valence-electron chi connectivity index (χ0n) is 11.7. The maximum absolute atomic E-state index is 13.2. The molecule has 0 aliphatic carbocycles. The Kier molecular flexibility index (Phi) is 6.06. The van der Waals surface area contributed by atoms with E-state index in [4.69, 9.17) is 0 Å². The SMILES string of the molecule is C=C(CC)CC(NCCC)c1ccc(F)cc1C. The van der Waals surface area contributed by atoms with E-state index in [0.29, 0.717) is 0 Å². The maximum Gasteiger partial charge on any atom is 0.123 e. The summed E-state index contributed by atoms with van der Waals surface area (Å²) in [5.74, 6) is -0.167. The summed E-state index contributed by atoms with van der Waals surface area (Å²) in [5.41, 5.74) is 3.42. The minimum atomic E-state index is -0.167. The first kappa shape index (κ1) is 14.9. The van der Waals surface area contributed by atoms with Gasteiger partial charge in [-0.15, -0.1) is 0 Å². The largest absolute Gasteiger partial charge is 0.310 e. The molecule has 0 saturated carbocycles. The van der Waals surface area contributed by atoms with Crippen LogP contribution >= 0.6 is 0 Å². The lowest BCUT2D eigenvalue weighted by atomic mass is 9.95.